The van der Waals surface area contributed by atoms with Gasteiger partial charge in [0.2, 0.25) is 5.91 Å². The van der Waals surface area contributed by atoms with E-state index in [0.29, 0.717) is 5.92 Å². The molecule has 2 aliphatic rings. The SMILES string of the molecule is C[C@@H]1C[C@H]1C(=O)N[C@H]1CC[C@@H](O)C1. The molecule has 0 aliphatic heterocycles. The summed E-state index contributed by atoms with van der Waals surface area (Å²) in [5, 5.41) is 12.3. The first-order chi connectivity index (χ1) is 6.16. The van der Waals surface area contributed by atoms with Gasteiger partial charge >= 0.3 is 0 Å². The predicted octanol–water partition coefficient (Wildman–Crippen LogP) is 0.672. The fraction of sp³-hybridized carbons (Fsp3) is 0.900. The third kappa shape index (κ3) is 2.02. The van der Waals surface area contributed by atoms with E-state index in [4.69, 9.17) is 0 Å². The molecule has 2 rings (SSSR count). The first-order valence-corrected chi connectivity index (χ1v) is 5.15. The second-order valence-electron chi connectivity index (χ2n) is 4.49. The molecule has 0 unspecified atom stereocenters. The summed E-state index contributed by atoms with van der Waals surface area (Å²) in [5.74, 6) is 1.04. The third-order valence-electron chi connectivity index (χ3n) is 3.20. The fourth-order valence-electron chi connectivity index (χ4n) is 2.08. The molecule has 0 aromatic rings. The number of carbonyl (C=O) groups excluding carboxylic acids is 1. The zero-order valence-electron chi connectivity index (χ0n) is 7.99. The predicted molar refractivity (Wildman–Crippen MR) is 49.1 cm³/mol. The number of hydrogen-bond acceptors (Lipinski definition) is 2. The molecule has 0 aromatic heterocycles. The summed E-state index contributed by atoms with van der Waals surface area (Å²) in [6.45, 7) is 2.10. The van der Waals surface area contributed by atoms with Crippen molar-refractivity contribution in [3.63, 3.8) is 0 Å². The lowest BCUT2D eigenvalue weighted by Gasteiger charge is -2.11. The number of carbonyl (C=O) groups is 1. The molecular formula is C10H17NO2. The maximum Gasteiger partial charge on any atom is 0.223 e. The zero-order valence-corrected chi connectivity index (χ0v) is 7.99. The first-order valence-electron chi connectivity index (χ1n) is 5.15. The van der Waals surface area contributed by atoms with Crippen LogP contribution in [0.2, 0.25) is 0 Å². The lowest BCUT2D eigenvalue weighted by atomic mass is 10.2. The molecule has 2 fully saturated rings. The van der Waals surface area contributed by atoms with Crippen molar-refractivity contribution in [1.82, 2.24) is 5.32 Å². The smallest absolute Gasteiger partial charge is 0.223 e. The average molecular weight is 183 g/mol. The van der Waals surface area contributed by atoms with Gasteiger partial charge in [0.05, 0.1) is 6.10 Å². The van der Waals surface area contributed by atoms with Gasteiger partial charge in [-0.25, -0.2) is 0 Å². The van der Waals surface area contributed by atoms with Gasteiger partial charge in [-0.05, 0) is 31.6 Å². The van der Waals surface area contributed by atoms with Crippen LogP contribution in [0.5, 0.6) is 0 Å². The van der Waals surface area contributed by atoms with Gasteiger partial charge in [0.15, 0.2) is 0 Å². The summed E-state index contributed by atoms with van der Waals surface area (Å²) < 4.78 is 0. The molecule has 74 valence electrons. The monoisotopic (exact) mass is 183 g/mol. The van der Waals surface area contributed by atoms with Gasteiger partial charge in [0, 0.05) is 12.0 Å². The molecule has 0 spiro atoms. The Hall–Kier alpha value is -0.570. The van der Waals surface area contributed by atoms with Gasteiger partial charge in [0.1, 0.15) is 0 Å². The molecule has 4 atom stereocenters. The van der Waals surface area contributed by atoms with Crippen molar-refractivity contribution in [2.24, 2.45) is 11.8 Å². The number of nitrogens with one attached hydrogen (secondary N) is 1. The van der Waals surface area contributed by atoms with Crippen LogP contribution < -0.4 is 5.32 Å². The highest BCUT2D eigenvalue weighted by atomic mass is 16.3. The molecule has 0 saturated heterocycles. The molecule has 2 saturated carbocycles. The van der Waals surface area contributed by atoms with E-state index in [0.717, 1.165) is 25.7 Å². The lowest BCUT2D eigenvalue weighted by molar-refractivity contribution is -0.123. The Labute approximate surface area is 78.5 Å². The molecule has 0 bridgehead atoms. The van der Waals surface area contributed by atoms with Crippen LogP contribution in [0.15, 0.2) is 0 Å². The summed E-state index contributed by atoms with van der Waals surface area (Å²) >= 11 is 0. The van der Waals surface area contributed by atoms with E-state index in [-0.39, 0.29) is 24.0 Å². The highest BCUT2D eigenvalue weighted by Crippen LogP contribution is 2.38. The van der Waals surface area contributed by atoms with Crippen LogP contribution in [0.4, 0.5) is 0 Å². The average Bonchev–Trinajstić information content (AvgIpc) is 2.66. The Balaban J connectivity index is 1.75. The van der Waals surface area contributed by atoms with Crippen LogP contribution in [0, 0.1) is 11.8 Å². The van der Waals surface area contributed by atoms with Crippen LogP contribution in [0.1, 0.15) is 32.6 Å². The van der Waals surface area contributed by atoms with E-state index in [2.05, 4.69) is 12.2 Å². The third-order valence-corrected chi connectivity index (χ3v) is 3.20. The second-order valence-corrected chi connectivity index (χ2v) is 4.49. The van der Waals surface area contributed by atoms with Crippen LogP contribution in [0.3, 0.4) is 0 Å². The number of aliphatic hydroxyl groups excluding tert-OH is 1. The maximum absolute atomic E-state index is 11.5. The van der Waals surface area contributed by atoms with E-state index < -0.39 is 0 Å². The molecule has 2 N–H and O–H groups in total. The van der Waals surface area contributed by atoms with Gasteiger partial charge in [-0.2, -0.15) is 0 Å². The molecule has 0 aromatic carbocycles. The number of rotatable bonds is 2. The molecule has 1 amide bonds. The van der Waals surface area contributed by atoms with Crippen LogP contribution in [0.25, 0.3) is 0 Å². The zero-order chi connectivity index (χ0) is 9.42. The minimum absolute atomic E-state index is 0.193. The molecular weight excluding hydrogens is 166 g/mol. The molecule has 0 radical (unpaired) electrons. The highest BCUT2D eigenvalue weighted by Gasteiger charge is 2.40. The van der Waals surface area contributed by atoms with E-state index in [9.17, 15) is 9.90 Å². The normalized spacial score (nSPS) is 43.2. The second kappa shape index (κ2) is 3.29. The lowest BCUT2D eigenvalue weighted by Crippen LogP contribution is -2.34. The summed E-state index contributed by atoms with van der Waals surface area (Å²) in [6, 6.07) is 0.232. The molecule has 2 aliphatic carbocycles. The Morgan fingerprint density at radius 1 is 1.38 bits per heavy atom. The van der Waals surface area contributed by atoms with Gasteiger partial charge in [-0.1, -0.05) is 6.92 Å². The van der Waals surface area contributed by atoms with Crippen LogP contribution >= 0.6 is 0 Å². The van der Waals surface area contributed by atoms with Crippen molar-refractivity contribution in [1.29, 1.82) is 0 Å². The Morgan fingerprint density at radius 2 is 2.08 bits per heavy atom. The number of aliphatic hydroxyl groups is 1. The van der Waals surface area contributed by atoms with Crippen molar-refractivity contribution < 1.29 is 9.90 Å². The summed E-state index contributed by atoms with van der Waals surface area (Å²) in [4.78, 5) is 11.5. The van der Waals surface area contributed by atoms with E-state index in [1.54, 1.807) is 0 Å². The van der Waals surface area contributed by atoms with Crippen molar-refractivity contribution in [3.8, 4) is 0 Å². The Bertz CT molecular complexity index is 217. The van der Waals surface area contributed by atoms with Gasteiger partial charge in [0.25, 0.3) is 0 Å². The minimum atomic E-state index is -0.193. The minimum Gasteiger partial charge on any atom is -0.393 e. The Morgan fingerprint density at radius 3 is 2.54 bits per heavy atom. The maximum atomic E-state index is 11.5. The van der Waals surface area contributed by atoms with Crippen molar-refractivity contribution in [3.05, 3.63) is 0 Å². The Kier molecular flexibility index (Phi) is 2.28. The van der Waals surface area contributed by atoms with Crippen LogP contribution in [-0.4, -0.2) is 23.2 Å². The summed E-state index contributed by atoms with van der Waals surface area (Å²) in [7, 11) is 0. The first kappa shape index (κ1) is 9.00. The molecule has 3 nitrogen and oxygen atoms in total. The quantitative estimate of drug-likeness (QED) is 0.661. The molecule has 13 heavy (non-hydrogen) atoms. The standard InChI is InChI=1S/C10H17NO2/c1-6-4-9(6)10(13)11-7-2-3-8(12)5-7/h6-9,12H,2-5H2,1H3,(H,11,13)/t6-,7+,8-,9-/m1/s1. The molecule has 0 heterocycles. The topological polar surface area (TPSA) is 49.3 Å². The van der Waals surface area contributed by atoms with E-state index >= 15 is 0 Å². The van der Waals surface area contributed by atoms with E-state index in [1.165, 1.54) is 0 Å². The fourth-order valence-corrected chi connectivity index (χ4v) is 2.08. The van der Waals surface area contributed by atoms with Crippen molar-refractivity contribution >= 4 is 5.91 Å². The van der Waals surface area contributed by atoms with Gasteiger partial charge < -0.3 is 10.4 Å². The van der Waals surface area contributed by atoms with Crippen molar-refractivity contribution in [2.45, 2.75) is 44.8 Å². The summed E-state index contributed by atoms with van der Waals surface area (Å²) in [6.07, 6.45) is 3.37. The van der Waals surface area contributed by atoms with Crippen LogP contribution in [-0.2, 0) is 4.79 Å². The van der Waals surface area contributed by atoms with E-state index in [1.807, 2.05) is 0 Å². The van der Waals surface area contributed by atoms with Gasteiger partial charge in [-0.15, -0.1) is 0 Å². The number of amides is 1. The van der Waals surface area contributed by atoms with Crippen molar-refractivity contribution in [2.75, 3.05) is 0 Å². The van der Waals surface area contributed by atoms with Gasteiger partial charge in [-0.3, -0.25) is 4.79 Å². The summed E-state index contributed by atoms with van der Waals surface area (Å²) in [5.41, 5.74) is 0. The largest absolute Gasteiger partial charge is 0.393 e. The molecule has 3 heteroatoms. The highest BCUT2D eigenvalue weighted by molar-refractivity contribution is 5.81. The number of hydrogen-bond donors (Lipinski definition) is 2.